The largest absolute Gasteiger partial charge is 0.452 e. The van der Waals surface area contributed by atoms with Crippen LogP contribution in [-0.4, -0.2) is 32.1 Å². The number of ether oxygens (including phenoxy) is 1. The van der Waals surface area contributed by atoms with Crippen LogP contribution in [0.2, 0.25) is 0 Å². The van der Waals surface area contributed by atoms with Crippen LogP contribution in [0.1, 0.15) is 21.7 Å². The molecule has 3 rings (SSSR count). The van der Waals surface area contributed by atoms with E-state index >= 15 is 0 Å². The second-order valence-corrected chi connectivity index (χ2v) is 8.13. The fourth-order valence-electron chi connectivity index (χ4n) is 2.42. The molecule has 9 nitrogen and oxygen atoms in total. The number of nitrogens with zero attached hydrogens (tertiary/aromatic N) is 1. The van der Waals surface area contributed by atoms with Gasteiger partial charge in [-0.25, -0.2) is 13.2 Å². The summed E-state index contributed by atoms with van der Waals surface area (Å²) in [5.74, 6) is -0.617. The molecular formula is C20H19N3O6S. The molecule has 0 bridgehead atoms. The maximum atomic E-state index is 12.5. The Morgan fingerprint density at radius 1 is 1.03 bits per heavy atom. The lowest BCUT2D eigenvalue weighted by Crippen LogP contribution is -2.21. The van der Waals surface area contributed by atoms with E-state index in [0.717, 1.165) is 5.56 Å². The summed E-state index contributed by atoms with van der Waals surface area (Å²) in [7, 11) is -3.81. The van der Waals surface area contributed by atoms with Crippen molar-refractivity contribution in [1.82, 2.24) is 5.16 Å². The molecular weight excluding hydrogens is 410 g/mol. The third-order valence-corrected chi connectivity index (χ3v) is 5.33. The monoisotopic (exact) mass is 429 g/mol. The smallest absolute Gasteiger partial charge is 0.338 e. The Morgan fingerprint density at radius 3 is 2.30 bits per heavy atom. The first-order valence-electron chi connectivity index (χ1n) is 8.83. The van der Waals surface area contributed by atoms with Crippen molar-refractivity contribution in [2.75, 3.05) is 16.6 Å². The van der Waals surface area contributed by atoms with E-state index in [4.69, 9.17) is 9.26 Å². The number of rotatable bonds is 7. The summed E-state index contributed by atoms with van der Waals surface area (Å²) < 4.78 is 37.1. The molecule has 0 fully saturated rings. The summed E-state index contributed by atoms with van der Waals surface area (Å²) in [6, 6.07) is 13.6. The third-order valence-electron chi connectivity index (χ3n) is 3.93. The number of hydrogen-bond acceptors (Lipinski definition) is 7. The number of hydrogen-bond donors (Lipinski definition) is 2. The predicted molar refractivity (Wildman–Crippen MR) is 109 cm³/mol. The molecule has 0 saturated heterocycles. The molecule has 30 heavy (non-hydrogen) atoms. The highest BCUT2D eigenvalue weighted by molar-refractivity contribution is 7.92. The van der Waals surface area contributed by atoms with Crippen LogP contribution < -0.4 is 10.0 Å². The minimum atomic E-state index is -3.81. The van der Waals surface area contributed by atoms with Gasteiger partial charge < -0.3 is 14.6 Å². The van der Waals surface area contributed by atoms with E-state index in [1.807, 2.05) is 6.92 Å². The third kappa shape index (κ3) is 5.45. The number of esters is 1. The van der Waals surface area contributed by atoms with Gasteiger partial charge in [0.05, 0.1) is 10.5 Å². The minimum absolute atomic E-state index is 0.0150. The van der Waals surface area contributed by atoms with E-state index in [-0.39, 0.29) is 16.3 Å². The molecule has 0 atom stereocenters. The first-order valence-corrected chi connectivity index (χ1v) is 10.3. The zero-order valence-corrected chi connectivity index (χ0v) is 17.0. The van der Waals surface area contributed by atoms with Crippen molar-refractivity contribution in [3.63, 3.8) is 0 Å². The van der Waals surface area contributed by atoms with Gasteiger partial charge in [-0.3, -0.25) is 9.52 Å². The average Bonchev–Trinajstić information content (AvgIpc) is 3.12. The Bertz CT molecular complexity index is 1150. The molecule has 1 amide bonds. The molecule has 1 aromatic heterocycles. The Kier molecular flexibility index (Phi) is 6.17. The topological polar surface area (TPSA) is 128 Å². The van der Waals surface area contributed by atoms with Crippen LogP contribution in [0.5, 0.6) is 0 Å². The molecule has 0 radical (unpaired) electrons. The Balaban J connectivity index is 1.58. The SMILES string of the molecule is Cc1ccc(NS(=O)(=O)c2ccc(C(=O)OCC(=O)Nc3cc(C)on3)cc2)cc1. The van der Waals surface area contributed by atoms with Crippen molar-refractivity contribution in [1.29, 1.82) is 0 Å². The molecule has 2 N–H and O–H groups in total. The number of amides is 1. The molecule has 10 heteroatoms. The standard InChI is InChI=1S/C20H19N3O6S/c1-13-3-7-16(8-4-13)23-30(26,27)17-9-5-15(6-10-17)20(25)28-12-19(24)21-18-11-14(2)29-22-18/h3-11,23H,12H2,1-2H3,(H,21,22,24). The zero-order chi connectivity index (χ0) is 21.7. The number of sulfonamides is 1. The number of nitrogens with one attached hydrogen (secondary N) is 2. The summed E-state index contributed by atoms with van der Waals surface area (Å²) in [6.45, 7) is 3.04. The number of carbonyl (C=O) groups excluding carboxylic acids is 2. The average molecular weight is 429 g/mol. The fourth-order valence-corrected chi connectivity index (χ4v) is 3.48. The highest BCUT2D eigenvalue weighted by Crippen LogP contribution is 2.17. The lowest BCUT2D eigenvalue weighted by Gasteiger charge is -2.09. The highest BCUT2D eigenvalue weighted by atomic mass is 32.2. The van der Waals surface area contributed by atoms with Gasteiger partial charge >= 0.3 is 5.97 Å². The van der Waals surface area contributed by atoms with Crippen LogP contribution >= 0.6 is 0 Å². The number of aryl methyl sites for hydroxylation is 2. The van der Waals surface area contributed by atoms with Crippen LogP contribution in [-0.2, 0) is 19.6 Å². The number of carbonyl (C=O) groups is 2. The molecule has 0 unspecified atom stereocenters. The summed E-state index contributed by atoms with van der Waals surface area (Å²) >= 11 is 0. The van der Waals surface area contributed by atoms with E-state index in [9.17, 15) is 18.0 Å². The maximum absolute atomic E-state index is 12.5. The lowest BCUT2D eigenvalue weighted by atomic mass is 10.2. The fraction of sp³-hybridized carbons (Fsp3) is 0.150. The van der Waals surface area contributed by atoms with Gasteiger partial charge in [-0.1, -0.05) is 22.9 Å². The minimum Gasteiger partial charge on any atom is -0.452 e. The normalized spacial score (nSPS) is 11.0. The number of benzene rings is 2. The predicted octanol–water partition coefficient (Wildman–Crippen LogP) is 2.89. The molecule has 0 aliphatic carbocycles. The Labute approximate surface area is 173 Å². The van der Waals surface area contributed by atoms with E-state index in [2.05, 4.69) is 15.2 Å². The summed E-state index contributed by atoms with van der Waals surface area (Å²) in [6.07, 6.45) is 0. The van der Waals surface area contributed by atoms with Gasteiger partial charge in [-0.05, 0) is 50.2 Å². The molecule has 0 aliphatic rings. The van der Waals surface area contributed by atoms with Crippen molar-refractivity contribution >= 4 is 33.4 Å². The van der Waals surface area contributed by atoms with Crippen molar-refractivity contribution in [3.05, 3.63) is 71.5 Å². The molecule has 3 aromatic rings. The molecule has 156 valence electrons. The van der Waals surface area contributed by atoms with E-state index in [0.29, 0.717) is 11.4 Å². The first kappa shape index (κ1) is 21.1. The van der Waals surface area contributed by atoms with Crippen molar-refractivity contribution < 1.29 is 27.3 Å². The highest BCUT2D eigenvalue weighted by Gasteiger charge is 2.16. The van der Waals surface area contributed by atoms with Crippen molar-refractivity contribution in [2.45, 2.75) is 18.7 Å². The summed E-state index contributed by atoms with van der Waals surface area (Å²) in [5.41, 5.74) is 1.54. The van der Waals surface area contributed by atoms with Gasteiger partial charge in [0.25, 0.3) is 15.9 Å². The van der Waals surface area contributed by atoms with Crippen molar-refractivity contribution in [2.24, 2.45) is 0 Å². The second-order valence-electron chi connectivity index (χ2n) is 6.44. The van der Waals surface area contributed by atoms with Crippen LogP contribution in [0.25, 0.3) is 0 Å². The summed E-state index contributed by atoms with van der Waals surface area (Å²) in [4.78, 5) is 23.9. The lowest BCUT2D eigenvalue weighted by molar-refractivity contribution is -0.119. The van der Waals surface area contributed by atoms with Gasteiger partial charge in [0.15, 0.2) is 12.4 Å². The van der Waals surface area contributed by atoms with Gasteiger partial charge in [0.2, 0.25) is 0 Å². The number of aromatic nitrogens is 1. The molecule has 0 saturated carbocycles. The summed E-state index contributed by atoms with van der Waals surface area (Å²) in [5, 5.41) is 6.01. The van der Waals surface area contributed by atoms with Crippen molar-refractivity contribution in [3.8, 4) is 0 Å². The van der Waals surface area contributed by atoms with Crippen LogP contribution in [0.3, 0.4) is 0 Å². The molecule has 0 spiro atoms. The van der Waals surface area contributed by atoms with E-state index in [1.165, 1.54) is 30.3 Å². The van der Waals surface area contributed by atoms with Gasteiger partial charge in [-0.2, -0.15) is 0 Å². The Hall–Kier alpha value is -3.66. The van der Waals surface area contributed by atoms with E-state index < -0.39 is 28.5 Å². The second kappa shape index (κ2) is 8.78. The van der Waals surface area contributed by atoms with Crippen LogP contribution in [0, 0.1) is 13.8 Å². The number of anilines is 2. The van der Waals surface area contributed by atoms with Gasteiger partial charge in [0.1, 0.15) is 5.76 Å². The quantitative estimate of drug-likeness (QED) is 0.553. The van der Waals surface area contributed by atoms with E-state index in [1.54, 1.807) is 31.2 Å². The zero-order valence-electron chi connectivity index (χ0n) is 16.2. The maximum Gasteiger partial charge on any atom is 0.338 e. The van der Waals surface area contributed by atoms with Crippen LogP contribution in [0.15, 0.2) is 64.0 Å². The first-order chi connectivity index (χ1) is 14.2. The molecule has 0 aliphatic heterocycles. The van der Waals surface area contributed by atoms with Crippen LogP contribution in [0.4, 0.5) is 11.5 Å². The molecule has 1 heterocycles. The van der Waals surface area contributed by atoms with Gasteiger partial charge in [0, 0.05) is 11.8 Å². The Morgan fingerprint density at radius 2 is 1.70 bits per heavy atom. The van der Waals surface area contributed by atoms with Gasteiger partial charge in [-0.15, -0.1) is 0 Å². The molecule has 2 aromatic carbocycles.